The number of hydrogen-bond acceptors (Lipinski definition) is 13. The summed E-state index contributed by atoms with van der Waals surface area (Å²) in [5.41, 5.74) is -1.53. The summed E-state index contributed by atoms with van der Waals surface area (Å²) in [4.78, 5) is 66.1. The second kappa shape index (κ2) is 21.0. The minimum Gasteiger partial charge on any atom is -0.497 e. The molecule has 9 aromatic rings. The molecular formula is C49H42BrF2N7O13S2. The molecule has 0 spiro atoms. The lowest BCUT2D eigenvalue weighted by Crippen LogP contribution is -2.38. The third kappa shape index (κ3) is 10.1. The first-order valence-electron chi connectivity index (χ1n) is 21.9. The van der Waals surface area contributed by atoms with Gasteiger partial charge in [-0.3, -0.25) is 23.7 Å². The van der Waals surface area contributed by atoms with E-state index >= 15 is 0 Å². The second-order valence-electron chi connectivity index (χ2n) is 16.0. The van der Waals surface area contributed by atoms with Gasteiger partial charge in [-0.1, -0.05) is 12.1 Å². The van der Waals surface area contributed by atoms with Gasteiger partial charge in [-0.05, 0) is 119 Å². The van der Waals surface area contributed by atoms with Gasteiger partial charge in [0.1, 0.15) is 29.7 Å². The van der Waals surface area contributed by atoms with E-state index in [1.807, 2.05) is 0 Å². The lowest BCUT2D eigenvalue weighted by molar-refractivity contribution is -0.114. The predicted octanol–water partition coefficient (Wildman–Crippen LogP) is 5.89. The number of methoxy groups -OCH3 is 3. The third-order valence-corrected chi connectivity index (χ3v) is 15.4. The molecule has 2 N–H and O–H groups in total. The Kier molecular flexibility index (Phi) is 14.8. The Bertz CT molecular complexity index is 4110. The molecule has 0 aliphatic heterocycles. The maximum atomic E-state index is 14.1. The van der Waals surface area contributed by atoms with Gasteiger partial charge in [0.05, 0.1) is 87.9 Å². The van der Waals surface area contributed by atoms with E-state index in [1.54, 1.807) is 24.3 Å². The summed E-state index contributed by atoms with van der Waals surface area (Å²) < 4.78 is 108. The quantitative estimate of drug-likeness (QED) is 0.122. The molecule has 0 aliphatic rings. The Labute approximate surface area is 426 Å². The van der Waals surface area contributed by atoms with E-state index in [2.05, 4.69) is 26.2 Å². The molecule has 20 nitrogen and oxygen atoms in total. The van der Waals surface area contributed by atoms with Crippen LogP contribution in [0.1, 0.15) is 6.92 Å². The van der Waals surface area contributed by atoms with Gasteiger partial charge in [0.25, 0.3) is 36.7 Å². The first kappa shape index (κ1) is 52.0. The molecule has 3 heterocycles. The van der Waals surface area contributed by atoms with Crippen molar-refractivity contribution in [2.24, 2.45) is 0 Å². The number of nitrogens with zero attached hydrogens (tertiary/aromatic N) is 5. The van der Waals surface area contributed by atoms with Crippen LogP contribution in [0.5, 0.6) is 23.0 Å². The Balaban J connectivity index is 0.000000198. The Morgan fingerprint density at radius 1 is 0.622 bits per heavy atom. The fourth-order valence-corrected chi connectivity index (χ4v) is 11.5. The van der Waals surface area contributed by atoms with E-state index in [0.717, 1.165) is 28.2 Å². The second-order valence-corrected chi connectivity index (χ2v) is 20.4. The summed E-state index contributed by atoms with van der Waals surface area (Å²) in [6.07, 6.45) is 0. The van der Waals surface area contributed by atoms with E-state index in [-0.39, 0.29) is 79.4 Å². The molecule has 0 saturated heterocycles. The first-order chi connectivity index (χ1) is 35.3. The van der Waals surface area contributed by atoms with E-state index in [1.165, 1.54) is 113 Å². The van der Waals surface area contributed by atoms with Crippen molar-refractivity contribution in [1.29, 1.82) is 0 Å². The van der Waals surface area contributed by atoms with E-state index < -0.39 is 54.0 Å². The number of rotatable bonds is 15. The number of aromatic amines is 1. The zero-order valence-corrected chi connectivity index (χ0v) is 42.6. The maximum absolute atomic E-state index is 14.1. The zero-order chi connectivity index (χ0) is 53.2. The van der Waals surface area contributed by atoms with E-state index in [0.29, 0.717) is 34.5 Å². The van der Waals surface area contributed by atoms with Crippen LogP contribution in [0.4, 0.5) is 14.5 Å². The smallest absolute Gasteiger partial charge is 0.328 e. The van der Waals surface area contributed by atoms with Gasteiger partial charge in [-0.15, -0.1) is 0 Å². The molecular weight excluding hydrogens is 1080 g/mol. The van der Waals surface area contributed by atoms with Crippen molar-refractivity contribution in [2.75, 3.05) is 33.3 Å². The monoisotopic (exact) mass is 1120 g/mol. The lowest BCUT2D eigenvalue weighted by atomic mass is 10.2. The molecule has 74 heavy (non-hydrogen) atoms. The number of ether oxygens (including phenoxy) is 4. The van der Waals surface area contributed by atoms with Gasteiger partial charge in [-0.2, -0.15) is 25.0 Å². The number of para-hydroxylation sites is 1. The predicted molar refractivity (Wildman–Crippen MR) is 273 cm³/mol. The maximum Gasteiger partial charge on any atom is 0.328 e. The highest BCUT2D eigenvalue weighted by Crippen LogP contribution is 2.30. The topological polar surface area (TPSA) is 243 Å². The Morgan fingerprint density at radius 3 is 1.66 bits per heavy atom. The SMILES string of the molecule is COc1ccc(S(=O)(=O)n2c3ccc(OC)cc3c(=O)n2CCOc2c(F)cc(F)cc2Br)cc1.COc1ccc2c(c1)c(=O)n(CCn1c(=O)[nH]c3ccccc3c1=O)n2S(=O)(=O)c1ccc(NC(C)=O)cc1. The van der Waals surface area contributed by atoms with Gasteiger partial charge in [-0.25, -0.2) is 22.9 Å². The van der Waals surface area contributed by atoms with Crippen molar-refractivity contribution >= 4 is 80.3 Å². The molecule has 25 heteroatoms. The Hall–Kier alpha value is -8.29. The fourth-order valence-electron chi connectivity index (χ4n) is 7.93. The minimum absolute atomic E-state index is 0.0403. The number of H-pyrrole nitrogens is 1. The number of halogens is 3. The molecule has 0 radical (unpaired) electrons. The van der Waals surface area contributed by atoms with Gasteiger partial charge < -0.3 is 29.2 Å². The highest BCUT2D eigenvalue weighted by atomic mass is 79.9. The van der Waals surface area contributed by atoms with Crippen LogP contribution < -0.4 is 46.6 Å². The van der Waals surface area contributed by atoms with E-state index in [4.69, 9.17) is 18.9 Å². The van der Waals surface area contributed by atoms with Crippen LogP contribution >= 0.6 is 15.9 Å². The van der Waals surface area contributed by atoms with Gasteiger partial charge in [0.2, 0.25) is 5.91 Å². The van der Waals surface area contributed by atoms with Crippen LogP contribution in [0.15, 0.2) is 155 Å². The van der Waals surface area contributed by atoms with Crippen LogP contribution in [0, 0.1) is 11.6 Å². The van der Waals surface area contributed by atoms with Crippen LogP contribution in [-0.2, 0) is 44.5 Å². The van der Waals surface area contributed by atoms with Gasteiger partial charge >= 0.3 is 5.69 Å². The van der Waals surface area contributed by atoms with Crippen molar-refractivity contribution in [3.05, 3.63) is 179 Å². The van der Waals surface area contributed by atoms with Crippen LogP contribution in [0.25, 0.3) is 32.7 Å². The third-order valence-electron chi connectivity index (χ3n) is 11.4. The van der Waals surface area contributed by atoms with Gasteiger partial charge in [0.15, 0.2) is 11.6 Å². The molecule has 0 saturated carbocycles. The molecule has 0 unspecified atom stereocenters. The molecule has 0 atom stereocenters. The molecule has 3 aromatic heterocycles. The average molecular weight is 1120 g/mol. The molecule has 6 aromatic carbocycles. The normalized spacial score (nSPS) is 11.6. The summed E-state index contributed by atoms with van der Waals surface area (Å²) in [6.45, 7) is 0.209. The summed E-state index contributed by atoms with van der Waals surface area (Å²) in [6, 6.07) is 28.2. The highest BCUT2D eigenvalue weighted by molar-refractivity contribution is 9.10. The summed E-state index contributed by atoms with van der Waals surface area (Å²) in [5, 5.41) is 3.03. The van der Waals surface area contributed by atoms with Crippen molar-refractivity contribution in [3.8, 4) is 23.0 Å². The molecule has 0 aliphatic carbocycles. The Morgan fingerprint density at radius 2 is 1.14 bits per heavy atom. The molecule has 1 amide bonds. The number of carbonyl (C=O) groups excluding carboxylic acids is 1. The van der Waals surface area contributed by atoms with E-state index in [9.17, 15) is 49.6 Å². The molecule has 384 valence electrons. The van der Waals surface area contributed by atoms with Crippen molar-refractivity contribution < 1.29 is 49.4 Å². The van der Waals surface area contributed by atoms with Crippen molar-refractivity contribution in [1.82, 2.24) is 27.1 Å². The fraction of sp³-hybridized carbons (Fsp3) is 0.163. The van der Waals surface area contributed by atoms with Crippen LogP contribution in [0.2, 0.25) is 0 Å². The number of aromatic nitrogens is 6. The zero-order valence-electron chi connectivity index (χ0n) is 39.4. The number of amides is 1. The summed E-state index contributed by atoms with van der Waals surface area (Å²) in [7, 11) is -4.29. The largest absolute Gasteiger partial charge is 0.497 e. The number of hydrogen-bond donors (Lipinski definition) is 2. The first-order valence-corrected chi connectivity index (χ1v) is 25.6. The average Bonchev–Trinajstić information content (AvgIpc) is 3.83. The van der Waals surface area contributed by atoms with Crippen LogP contribution in [-0.4, -0.2) is 77.8 Å². The highest BCUT2D eigenvalue weighted by Gasteiger charge is 2.28. The molecule has 9 rings (SSSR count). The van der Waals surface area contributed by atoms with Crippen molar-refractivity contribution in [2.45, 2.75) is 36.3 Å². The minimum atomic E-state index is -4.35. The number of fused-ring (bicyclic) bond motifs is 3. The van der Waals surface area contributed by atoms with Crippen LogP contribution in [0.3, 0.4) is 0 Å². The number of nitrogens with one attached hydrogen (secondary N) is 2. The lowest BCUT2D eigenvalue weighted by Gasteiger charge is -2.15. The number of benzene rings is 6. The summed E-state index contributed by atoms with van der Waals surface area (Å²) in [5.74, 6) is -1.13. The van der Waals surface area contributed by atoms with Gasteiger partial charge in [0, 0.05) is 18.7 Å². The number of carbonyl (C=O) groups is 1. The standard InChI is InChI=1S/C26H23N5O7S.C23H19BrF2N2O6S/c1-16(32)27-17-7-10-19(11-8-17)39(36,37)31-23-12-9-18(38-2)15-21(23)25(34)30(31)14-13-29-24(33)20-5-3-4-6-22(20)28-26(29)35;1-32-15-3-6-17(7-4-15)35(30,31)28-21-8-5-16(33-2)13-18(21)23(29)27(28)9-10-34-22-19(24)11-14(25)12-20(22)26/h3-12,15H,13-14H2,1-2H3,(H,27,32)(H,28,35);3-8,11-13H,9-10H2,1-2H3. The molecule has 0 fully saturated rings. The molecule has 0 bridgehead atoms. The summed E-state index contributed by atoms with van der Waals surface area (Å²) >= 11 is 3.03. The number of anilines is 1. The van der Waals surface area contributed by atoms with Crippen molar-refractivity contribution in [3.63, 3.8) is 0 Å².